The molecule has 1 rings (SSSR count). The largest absolute Gasteiger partial charge is 0.322 e. The summed E-state index contributed by atoms with van der Waals surface area (Å²) < 4.78 is 0. The van der Waals surface area contributed by atoms with E-state index in [0.717, 1.165) is 12.1 Å². The molecule has 0 radical (unpaired) electrons. The van der Waals surface area contributed by atoms with Crippen LogP contribution in [0.5, 0.6) is 0 Å². The number of hydrogen-bond acceptors (Lipinski definition) is 2. The van der Waals surface area contributed by atoms with Crippen LogP contribution in [0.3, 0.4) is 0 Å². The van der Waals surface area contributed by atoms with Crippen molar-refractivity contribution in [2.75, 3.05) is 0 Å². The number of rotatable bonds is 3. The quantitative estimate of drug-likeness (QED) is 0.729. The number of nitrogens with zero attached hydrogens (tertiary/aromatic N) is 1. The van der Waals surface area contributed by atoms with Crippen molar-refractivity contribution < 1.29 is 0 Å². The van der Waals surface area contributed by atoms with E-state index in [2.05, 4.69) is 11.6 Å². The van der Waals surface area contributed by atoms with Gasteiger partial charge in [-0.25, -0.2) is 0 Å². The highest BCUT2D eigenvalue weighted by atomic mass is 35.5. The first-order valence-corrected chi connectivity index (χ1v) is 4.09. The summed E-state index contributed by atoms with van der Waals surface area (Å²) in [6, 6.07) is 3.54. The third-order valence-corrected chi connectivity index (χ3v) is 1.77. The van der Waals surface area contributed by atoms with Gasteiger partial charge in [0.25, 0.3) is 0 Å². The van der Waals surface area contributed by atoms with Gasteiger partial charge < -0.3 is 5.73 Å². The lowest BCUT2D eigenvalue weighted by atomic mass is 10.1. The van der Waals surface area contributed by atoms with Crippen LogP contribution in [0.2, 0.25) is 5.02 Å². The molecule has 1 heterocycles. The van der Waals surface area contributed by atoms with E-state index in [1.165, 1.54) is 0 Å². The Balaban J connectivity index is 2.74. The maximum Gasteiger partial charge on any atom is 0.0589 e. The molecule has 0 spiro atoms. The van der Waals surface area contributed by atoms with Gasteiger partial charge in [-0.3, -0.25) is 4.98 Å². The van der Waals surface area contributed by atoms with E-state index in [-0.39, 0.29) is 6.04 Å². The summed E-state index contributed by atoms with van der Waals surface area (Å²) in [4.78, 5) is 4.09. The van der Waals surface area contributed by atoms with E-state index in [4.69, 9.17) is 17.3 Å². The van der Waals surface area contributed by atoms with E-state index in [1.807, 2.05) is 6.07 Å². The molecule has 0 saturated carbocycles. The van der Waals surface area contributed by atoms with Gasteiger partial charge >= 0.3 is 0 Å². The average Bonchev–Trinajstić information content (AvgIpc) is 2.06. The van der Waals surface area contributed by atoms with E-state index in [1.54, 1.807) is 18.3 Å². The van der Waals surface area contributed by atoms with Gasteiger partial charge in [-0.15, -0.1) is 6.58 Å². The van der Waals surface area contributed by atoms with Crippen molar-refractivity contribution in [2.24, 2.45) is 5.73 Å². The minimum atomic E-state index is -0.0697. The summed E-state index contributed by atoms with van der Waals surface area (Å²) in [7, 11) is 0. The molecule has 0 aliphatic carbocycles. The molecule has 0 fully saturated rings. The Hall–Kier alpha value is -0.860. The molecule has 3 heteroatoms. The predicted molar refractivity (Wildman–Crippen MR) is 51.0 cm³/mol. The highest BCUT2D eigenvalue weighted by molar-refractivity contribution is 6.30. The van der Waals surface area contributed by atoms with Crippen molar-refractivity contribution in [3.63, 3.8) is 0 Å². The maximum absolute atomic E-state index is 5.78. The lowest BCUT2D eigenvalue weighted by Gasteiger charge is -2.07. The van der Waals surface area contributed by atoms with Crippen molar-refractivity contribution >= 4 is 11.6 Å². The molecule has 1 atom stereocenters. The molecule has 0 saturated heterocycles. The number of aromatic nitrogens is 1. The summed E-state index contributed by atoms with van der Waals surface area (Å²) in [6.07, 6.45) is 4.11. The fourth-order valence-corrected chi connectivity index (χ4v) is 1.02. The second kappa shape index (κ2) is 4.24. The van der Waals surface area contributed by atoms with E-state index < -0.39 is 0 Å². The first-order chi connectivity index (χ1) is 5.74. The van der Waals surface area contributed by atoms with Crippen molar-refractivity contribution in [1.29, 1.82) is 0 Å². The zero-order chi connectivity index (χ0) is 8.97. The van der Waals surface area contributed by atoms with Crippen molar-refractivity contribution in [1.82, 2.24) is 4.98 Å². The Morgan fingerprint density at radius 1 is 1.67 bits per heavy atom. The number of hydrogen-bond donors (Lipinski definition) is 1. The maximum atomic E-state index is 5.78. The SMILES string of the molecule is C=CCC(N)c1ccc(Cl)cn1. The van der Waals surface area contributed by atoms with Gasteiger partial charge in [-0.1, -0.05) is 17.7 Å². The van der Waals surface area contributed by atoms with Gasteiger partial charge in [0, 0.05) is 6.20 Å². The van der Waals surface area contributed by atoms with Crippen LogP contribution >= 0.6 is 11.6 Å². The van der Waals surface area contributed by atoms with Gasteiger partial charge in [0.05, 0.1) is 16.8 Å². The summed E-state index contributed by atoms with van der Waals surface area (Å²) in [6.45, 7) is 3.61. The molecule has 0 bridgehead atoms. The van der Waals surface area contributed by atoms with Crippen LogP contribution in [0, 0.1) is 0 Å². The Labute approximate surface area is 77.1 Å². The van der Waals surface area contributed by atoms with Crippen LogP contribution in [0.1, 0.15) is 18.2 Å². The Morgan fingerprint density at radius 3 is 2.92 bits per heavy atom. The van der Waals surface area contributed by atoms with Crippen LogP contribution in [0.4, 0.5) is 0 Å². The summed E-state index contributed by atoms with van der Waals surface area (Å²) in [5, 5.41) is 0.629. The van der Waals surface area contributed by atoms with Crippen molar-refractivity contribution in [3.8, 4) is 0 Å². The molecular formula is C9H11ClN2. The number of pyridine rings is 1. The minimum Gasteiger partial charge on any atom is -0.322 e. The molecule has 64 valence electrons. The minimum absolute atomic E-state index is 0.0697. The van der Waals surface area contributed by atoms with E-state index >= 15 is 0 Å². The van der Waals surface area contributed by atoms with E-state index in [0.29, 0.717) is 5.02 Å². The smallest absolute Gasteiger partial charge is 0.0589 e. The third-order valence-electron chi connectivity index (χ3n) is 1.55. The molecule has 1 unspecified atom stereocenters. The summed E-state index contributed by atoms with van der Waals surface area (Å²) in [5.74, 6) is 0. The van der Waals surface area contributed by atoms with Crippen LogP contribution in [0.25, 0.3) is 0 Å². The lowest BCUT2D eigenvalue weighted by Crippen LogP contribution is -2.10. The second-order valence-electron chi connectivity index (χ2n) is 2.53. The third kappa shape index (κ3) is 2.32. The van der Waals surface area contributed by atoms with Gasteiger partial charge in [0.1, 0.15) is 0 Å². The zero-order valence-corrected chi connectivity index (χ0v) is 7.46. The number of halogens is 1. The second-order valence-corrected chi connectivity index (χ2v) is 2.97. The molecule has 0 aliphatic rings. The fourth-order valence-electron chi connectivity index (χ4n) is 0.907. The van der Waals surface area contributed by atoms with Crippen LogP contribution in [-0.4, -0.2) is 4.98 Å². The standard InChI is InChI=1S/C9H11ClN2/c1-2-3-8(11)9-5-4-7(10)6-12-9/h2,4-6,8H,1,3,11H2. The highest BCUT2D eigenvalue weighted by Crippen LogP contribution is 2.13. The first-order valence-electron chi connectivity index (χ1n) is 3.72. The lowest BCUT2D eigenvalue weighted by molar-refractivity contribution is 0.714. The molecule has 0 amide bonds. The normalized spacial score (nSPS) is 12.5. The molecule has 1 aromatic rings. The molecule has 1 aromatic heterocycles. The Morgan fingerprint density at radius 2 is 2.42 bits per heavy atom. The summed E-state index contributed by atoms with van der Waals surface area (Å²) >= 11 is 5.67. The van der Waals surface area contributed by atoms with Crippen LogP contribution in [-0.2, 0) is 0 Å². The first kappa shape index (κ1) is 9.23. The van der Waals surface area contributed by atoms with Crippen molar-refractivity contribution in [3.05, 3.63) is 41.7 Å². The average molecular weight is 183 g/mol. The summed E-state index contributed by atoms with van der Waals surface area (Å²) in [5.41, 5.74) is 6.63. The van der Waals surface area contributed by atoms with Crippen LogP contribution in [0.15, 0.2) is 31.0 Å². The Kier molecular flexibility index (Phi) is 3.26. The molecule has 2 nitrogen and oxygen atoms in total. The van der Waals surface area contributed by atoms with Crippen LogP contribution < -0.4 is 5.73 Å². The monoisotopic (exact) mass is 182 g/mol. The molecular weight excluding hydrogens is 172 g/mol. The van der Waals surface area contributed by atoms with Gasteiger partial charge in [0.2, 0.25) is 0 Å². The number of nitrogens with two attached hydrogens (primary N) is 1. The van der Waals surface area contributed by atoms with Gasteiger partial charge in [-0.2, -0.15) is 0 Å². The molecule has 0 aliphatic heterocycles. The van der Waals surface area contributed by atoms with Crippen molar-refractivity contribution in [2.45, 2.75) is 12.5 Å². The molecule has 2 N–H and O–H groups in total. The topological polar surface area (TPSA) is 38.9 Å². The fraction of sp³-hybridized carbons (Fsp3) is 0.222. The molecule has 0 aromatic carbocycles. The predicted octanol–water partition coefficient (Wildman–Crippen LogP) is 2.31. The molecule has 12 heavy (non-hydrogen) atoms. The van der Waals surface area contributed by atoms with E-state index in [9.17, 15) is 0 Å². The Bertz CT molecular complexity index is 256. The zero-order valence-electron chi connectivity index (χ0n) is 6.70. The highest BCUT2D eigenvalue weighted by Gasteiger charge is 2.03. The van der Waals surface area contributed by atoms with Gasteiger partial charge in [-0.05, 0) is 18.6 Å². The van der Waals surface area contributed by atoms with Gasteiger partial charge in [0.15, 0.2) is 0 Å².